The summed E-state index contributed by atoms with van der Waals surface area (Å²) in [5, 5.41) is 0. The number of hydrogen-bond acceptors (Lipinski definition) is 1. The van der Waals surface area contributed by atoms with Gasteiger partial charge in [0.25, 0.3) is 0 Å². The third-order valence-electron chi connectivity index (χ3n) is 5.50. The zero-order chi connectivity index (χ0) is 15.9. The Morgan fingerprint density at radius 3 is 1.87 bits per heavy atom. The Morgan fingerprint density at radius 2 is 1.22 bits per heavy atom. The van der Waals surface area contributed by atoms with Gasteiger partial charge in [0.05, 0.1) is 5.54 Å². The van der Waals surface area contributed by atoms with E-state index < -0.39 is 5.54 Å². The average Bonchev–Trinajstić information content (AvgIpc) is 2.86. The van der Waals surface area contributed by atoms with Crippen molar-refractivity contribution in [3.05, 3.63) is 107 Å². The molecule has 3 aromatic rings. The molecule has 0 spiro atoms. The number of hydrogen-bond donors (Lipinski definition) is 1. The molecule has 2 unspecified atom stereocenters. The molecule has 1 aliphatic rings. The van der Waals surface area contributed by atoms with Crippen molar-refractivity contribution in [3.8, 4) is 0 Å². The van der Waals surface area contributed by atoms with Crippen molar-refractivity contribution in [1.29, 1.82) is 0 Å². The normalized spacial score (nSPS) is 26.0. The van der Waals surface area contributed by atoms with E-state index in [9.17, 15) is 0 Å². The lowest BCUT2D eigenvalue weighted by atomic mass is 9.64. The fourth-order valence-electron chi connectivity index (χ4n) is 4.19. The summed E-state index contributed by atoms with van der Waals surface area (Å²) in [7, 11) is 0. The highest BCUT2D eigenvalue weighted by Crippen LogP contribution is 2.53. The van der Waals surface area contributed by atoms with Gasteiger partial charge in [-0.1, -0.05) is 91.9 Å². The second kappa shape index (κ2) is 5.07. The number of benzene rings is 3. The van der Waals surface area contributed by atoms with Gasteiger partial charge in [0, 0.05) is 5.41 Å². The average molecular weight is 299 g/mol. The Balaban J connectivity index is 2.01. The van der Waals surface area contributed by atoms with Crippen molar-refractivity contribution in [2.45, 2.75) is 24.3 Å². The lowest BCUT2D eigenvalue weighted by molar-refractivity contribution is 0.315. The molecule has 2 atom stereocenters. The quantitative estimate of drug-likeness (QED) is 0.745. The molecule has 0 aliphatic heterocycles. The van der Waals surface area contributed by atoms with E-state index in [4.69, 9.17) is 5.73 Å². The highest BCUT2D eigenvalue weighted by molar-refractivity contribution is 5.55. The molecule has 0 radical (unpaired) electrons. The van der Waals surface area contributed by atoms with Crippen molar-refractivity contribution in [2.75, 3.05) is 0 Å². The first-order valence-corrected chi connectivity index (χ1v) is 8.14. The van der Waals surface area contributed by atoms with Crippen molar-refractivity contribution >= 4 is 0 Å². The van der Waals surface area contributed by atoms with Gasteiger partial charge < -0.3 is 5.73 Å². The molecule has 1 nitrogen and oxygen atoms in total. The van der Waals surface area contributed by atoms with Crippen LogP contribution in [0.25, 0.3) is 0 Å². The molecule has 0 fully saturated rings. The van der Waals surface area contributed by atoms with Crippen LogP contribution in [0.4, 0.5) is 0 Å². The summed E-state index contributed by atoms with van der Waals surface area (Å²) in [5.74, 6) is 0. The molecule has 0 heterocycles. The van der Waals surface area contributed by atoms with Crippen LogP contribution < -0.4 is 5.73 Å². The minimum Gasteiger partial charge on any atom is -0.317 e. The second-order valence-corrected chi connectivity index (χ2v) is 6.71. The summed E-state index contributed by atoms with van der Waals surface area (Å²) in [4.78, 5) is 0. The Morgan fingerprint density at radius 1 is 0.696 bits per heavy atom. The third-order valence-corrected chi connectivity index (χ3v) is 5.50. The van der Waals surface area contributed by atoms with E-state index in [1.807, 2.05) is 6.07 Å². The number of nitrogens with two attached hydrogens (primary N) is 1. The smallest absolute Gasteiger partial charge is 0.0766 e. The maximum absolute atomic E-state index is 7.20. The molecular formula is C22H21N. The van der Waals surface area contributed by atoms with Gasteiger partial charge in [0.1, 0.15) is 0 Å². The van der Waals surface area contributed by atoms with E-state index in [0.29, 0.717) is 0 Å². The zero-order valence-electron chi connectivity index (χ0n) is 13.4. The van der Waals surface area contributed by atoms with Gasteiger partial charge in [-0.15, -0.1) is 0 Å². The Kier molecular flexibility index (Phi) is 3.14. The van der Waals surface area contributed by atoms with Gasteiger partial charge in [-0.05, 0) is 28.7 Å². The predicted octanol–water partition coefficient (Wildman–Crippen LogP) is 4.40. The number of fused-ring (bicyclic) bond motifs is 1. The summed E-state index contributed by atoms with van der Waals surface area (Å²) in [6.07, 6.45) is 0.957. The SMILES string of the molecule is CC1(c2ccccc2)Cc2ccccc2C1(N)c1ccccc1. The van der Waals surface area contributed by atoms with Crippen molar-refractivity contribution in [2.24, 2.45) is 5.73 Å². The molecule has 0 saturated heterocycles. The molecule has 0 aromatic heterocycles. The molecule has 3 aromatic carbocycles. The van der Waals surface area contributed by atoms with Gasteiger partial charge in [0.15, 0.2) is 0 Å². The first kappa shape index (κ1) is 14.2. The minimum atomic E-state index is -0.522. The molecule has 4 rings (SSSR count). The summed E-state index contributed by atoms with van der Waals surface area (Å²) < 4.78 is 0. The van der Waals surface area contributed by atoms with Crippen molar-refractivity contribution in [3.63, 3.8) is 0 Å². The Labute approximate surface area is 137 Å². The van der Waals surface area contributed by atoms with E-state index in [1.54, 1.807) is 0 Å². The molecule has 1 heteroatoms. The van der Waals surface area contributed by atoms with Crippen LogP contribution in [0.5, 0.6) is 0 Å². The van der Waals surface area contributed by atoms with Crippen molar-refractivity contribution in [1.82, 2.24) is 0 Å². The maximum Gasteiger partial charge on any atom is 0.0766 e. The molecule has 0 saturated carbocycles. The first-order chi connectivity index (χ1) is 11.2. The topological polar surface area (TPSA) is 26.0 Å². The summed E-state index contributed by atoms with van der Waals surface area (Å²) >= 11 is 0. The van der Waals surface area contributed by atoms with Gasteiger partial charge >= 0.3 is 0 Å². The van der Waals surface area contributed by atoms with Gasteiger partial charge in [-0.25, -0.2) is 0 Å². The predicted molar refractivity (Wildman–Crippen MR) is 95.3 cm³/mol. The Hall–Kier alpha value is -2.38. The molecule has 114 valence electrons. The monoisotopic (exact) mass is 299 g/mol. The van der Waals surface area contributed by atoms with Crippen LogP contribution in [0.1, 0.15) is 29.2 Å². The first-order valence-electron chi connectivity index (χ1n) is 8.14. The highest BCUT2D eigenvalue weighted by Gasteiger charge is 2.54. The molecule has 0 bridgehead atoms. The minimum absolute atomic E-state index is 0.167. The van der Waals surface area contributed by atoms with Crippen LogP contribution in [0.15, 0.2) is 84.9 Å². The fourth-order valence-corrected chi connectivity index (χ4v) is 4.19. The van der Waals surface area contributed by atoms with Crippen LogP contribution in [0.3, 0.4) is 0 Å². The molecule has 0 amide bonds. The van der Waals surface area contributed by atoms with E-state index in [2.05, 4.69) is 85.8 Å². The van der Waals surface area contributed by atoms with Gasteiger partial charge in [-0.2, -0.15) is 0 Å². The van der Waals surface area contributed by atoms with Crippen LogP contribution in [-0.4, -0.2) is 0 Å². The van der Waals surface area contributed by atoms with Gasteiger partial charge in [0.2, 0.25) is 0 Å². The van der Waals surface area contributed by atoms with Gasteiger partial charge in [-0.3, -0.25) is 0 Å². The largest absolute Gasteiger partial charge is 0.317 e. The van der Waals surface area contributed by atoms with E-state index in [-0.39, 0.29) is 5.41 Å². The summed E-state index contributed by atoms with van der Waals surface area (Å²) in [5.41, 5.74) is 11.6. The zero-order valence-corrected chi connectivity index (χ0v) is 13.4. The standard InChI is InChI=1S/C22H21N/c1-21(18-11-4-2-5-12-18)16-17-10-8-9-15-20(17)22(21,23)19-13-6-3-7-14-19/h2-15H,16,23H2,1H3. The molecule has 1 aliphatic carbocycles. The van der Waals surface area contributed by atoms with E-state index >= 15 is 0 Å². The molecule has 2 N–H and O–H groups in total. The van der Waals surface area contributed by atoms with E-state index in [1.165, 1.54) is 22.3 Å². The highest BCUT2D eigenvalue weighted by atomic mass is 14.8. The third kappa shape index (κ3) is 1.90. The van der Waals surface area contributed by atoms with Crippen LogP contribution in [0.2, 0.25) is 0 Å². The lowest BCUT2D eigenvalue weighted by Gasteiger charge is -2.42. The Bertz CT molecular complexity index is 825. The summed E-state index contributed by atoms with van der Waals surface area (Å²) in [6, 6.07) is 29.8. The van der Waals surface area contributed by atoms with E-state index in [0.717, 1.165) is 6.42 Å². The van der Waals surface area contributed by atoms with Crippen LogP contribution in [0, 0.1) is 0 Å². The lowest BCUT2D eigenvalue weighted by Crippen LogP contribution is -2.52. The molecule has 23 heavy (non-hydrogen) atoms. The summed E-state index contributed by atoms with van der Waals surface area (Å²) in [6.45, 7) is 2.30. The number of rotatable bonds is 2. The molecular weight excluding hydrogens is 278 g/mol. The fraction of sp³-hybridized carbons (Fsp3) is 0.182. The van der Waals surface area contributed by atoms with Crippen molar-refractivity contribution < 1.29 is 0 Å². The van der Waals surface area contributed by atoms with Crippen LogP contribution in [-0.2, 0) is 17.4 Å². The second-order valence-electron chi connectivity index (χ2n) is 6.71. The maximum atomic E-state index is 7.20. The van der Waals surface area contributed by atoms with Crippen LogP contribution >= 0.6 is 0 Å².